The van der Waals surface area contributed by atoms with Gasteiger partial charge in [0.05, 0.1) is 6.26 Å². The minimum atomic E-state index is -3.40. The van der Waals surface area contributed by atoms with Crippen LogP contribution in [-0.4, -0.2) is 44.9 Å². The smallest absolute Gasteiger partial charge is 0.238 e. The van der Waals surface area contributed by atoms with Gasteiger partial charge in [-0.1, -0.05) is 26.7 Å². The number of hydrogen-bond donors (Lipinski definition) is 3. The zero-order valence-electron chi connectivity index (χ0n) is 12.7. The van der Waals surface area contributed by atoms with Gasteiger partial charge in [0.1, 0.15) is 6.04 Å². The molecule has 3 N–H and O–H groups in total. The predicted molar refractivity (Wildman–Crippen MR) is 79.8 cm³/mol. The highest BCUT2D eigenvalue weighted by atomic mass is 32.2. The first-order valence-corrected chi connectivity index (χ1v) is 9.01. The van der Waals surface area contributed by atoms with E-state index in [0.717, 1.165) is 31.9 Å². The summed E-state index contributed by atoms with van der Waals surface area (Å²) in [5, 5.41) is 11.4. The maximum absolute atomic E-state index is 12.0. The summed E-state index contributed by atoms with van der Waals surface area (Å²) in [6.45, 7) is 4.61. The molecular weight excluding hydrogens is 280 g/mol. The molecule has 0 aliphatic rings. The lowest BCUT2D eigenvalue weighted by Gasteiger charge is -2.19. The summed E-state index contributed by atoms with van der Waals surface area (Å²) in [4.78, 5) is 12.0. The Balaban J connectivity index is 4.14. The maximum atomic E-state index is 12.0. The molecule has 1 unspecified atom stereocenters. The van der Waals surface area contributed by atoms with Crippen LogP contribution >= 0.6 is 0 Å². The van der Waals surface area contributed by atoms with E-state index >= 15 is 0 Å². The van der Waals surface area contributed by atoms with Crippen LogP contribution in [0.4, 0.5) is 0 Å². The Morgan fingerprint density at radius 2 is 1.75 bits per heavy atom. The summed E-state index contributed by atoms with van der Waals surface area (Å²) < 4.78 is 24.9. The Hall–Kier alpha value is -0.660. The van der Waals surface area contributed by atoms with Crippen molar-refractivity contribution in [1.82, 2.24) is 10.0 Å². The SMILES string of the molecule is CC(C)CC(NS(C)(=O)=O)C(=O)NCCCCCCO. The van der Waals surface area contributed by atoms with Gasteiger partial charge in [-0.05, 0) is 25.2 Å². The number of aliphatic hydroxyl groups excluding tert-OH is 1. The first-order chi connectivity index (χ1) is 9.26. The van der Waals surface area contributed by atoms with E-state index in [-0.39, 0.29) is 18.4 Å². The topological polar surface area (TPSA) is 95.5 Å². The summed E-state index contributed by atoms with van der Waals surface area (Å²) >= 11 is 0. The molecule has 0 heterocycles. The van der Waals surface area contributed by atoms with Crippen LogP contribution in [0.5, 0.6) is 0 Å². The number of unbranched alkanes of at least 4 members (excludes halogenated alkanes) is 3. The molecule has 20 heavy (non-hydrogen) atoms. The minimum Gasteiger partial charge on any atom is -0.396 e. The first kappa shape index (κ1) is 19.3. The van der Waals surface area contributed by atoms with Gasteiger partial charge in [-0.3, -0.25) is 4.79 Å². The molecule has 0 saturated carbocycles. The average Bonchev–Trinajstić information content (AvgIpc) is 2.30. The minimum absolute atomic E-state index is 0.196. The molecule has 0 aromatic carbocycles. The third-order valence-corrected chi connectivity index (χ3v) is 3.48. The van der Waals surface area contributed by atoms with Crippen LogP contribution < -0.4 is 10.0 Å². The van der Waals surface area contributed by atoms with Crippen LogP contribution in [0.15, 0.2) is 0 Å². The highest BCUT2D eigenvalue weighted by Gasteiger charge is 2.22. The zero-order chi connectivity index (χ0) is 15.6. The summed E-state index contributed by atoms with van der Waals surface area (Å²) in [5.74, 6) is -0.0455. The number of hydrogen-bond acceptors (Lipinski definition) is 4. The summed E-state index contributed by atoms with van der Waals surface area (Å²) in [6.07, 6.45) is 5.02. The van der Waals surface area contributed by atoms with Crippen molar-refractivity contribution in [3.05, 3.63) is 0 Å². The van der Waals surface area contributed by atoms with Crippen LogP contribution in [0.3, 0.4) is 0 Å². The lowest BCUT2D eigenvalue weighted by atomic mass is 10.0. The Bertz CT molecular complexity index is 369. The van der Waals surface area contributed by atoms with Crippen molar-refractivity contribution in [3.8, 4) is 0 Å². The molecule has 0 rings (SSSR count). The lowest BCUT2D eigenvalue weighted by Crippen LogP contribution is -2.47. The second-order valence-corrected chi connectivity index (χ2v) is 7.28. The second-order valence-electron chi connectivity index (χ2n) is 5.50. The van der Waals surface area contributed by atoms with Gasteiger partial charge in [0.15, 0.2) is 0 Å². The molecule has 0 bridgehead atoms. The highest BCUT2D eigenvalue weighted by Crippen LogP contribution is 2.06. The number of aliphatic hydroxyl groups is 1. The molecule has 1 amide bonds. The molecule has 0 aromatic rings. The van der Waals surface area contributed by atoms with E-state index in [1.54, 1.807) is 0 Å². The molecule has 6 nitrogen and oxygen atoms in total. The highest BCUT2D eigenvalue weighted by molar-refractivity contribution is 7.88. The van der Waals surface area contributed by atoms with Crippen molar-refractivity contribution in [2.75, 3.05) is 19.4 Å². The fraction of sp³-hybridized carbons (Fsp3) is 0.923. The van der Waals surface area contributed by atoms with Crippen LogP contribution in [0.25, 0.3) is 0 Å². The molecule has 0 spiro atoms. The molecule has 120 valence electrons. The lowest BCUT2D eigenvalue weighted by molar-refractivity contribution is -0.123. The third kappa shape index (κ3) is 11.2. The monoisotopic (exact) mass is 308 g/mol. The molecular formula is C13H28N2O4S. The van der Waals surface area contributed by atoms with E-state index in [0.29, 0.717) is 13.0 Å². The van der Waals surface area contributed by atoms with Crippen LogP contribution in [0.2, 0.25) is 0 Å². The summed E-state index contributed by atoms with van der Waals surface area (Å²) in [5.41, 5.74) is 0. The molecule has 0 aromatic heterocycles. The normalized spacial score (nSPS) is 13.4. The quantitative estimate of drug-likeness (QED) is 0.488. The molecule has 7 heteroatoms. The van der Waals surface area contributed by atoms with E-state index < -0.39 is 16.1 Å². The van der Waals surface area contributed by atoms with Gasteiger partial charge < -0.3 is 10.4 Å². The first-order valence-electron chi connectivity index (χ1n) is 7.12. The van der Waals surface area contributed by atoms with Crippen LogP contribution in [0.1, 0.15) is 46.0 Å². The fourth-order valence-electron chi connectivity index (χ4n) is 1.86. The number of rotatable bonds is 11. The number of sulfonamides is 1. The molecule has 0 aliphatic heterocycles. The molecule has 1 atom stereocenters. The van der Waals surface area contributed by atoms with Gasteiger partial charge in [-0.2, -0.15) is 0 Å². The van der Waals surface area contributed by atoms with Gasteiger partial charge in [0, 0.05) is 13.2 Å². The van der Waals surface area contributed by atoms with Gasteiger partial charge in [-0.25, -0.2) is 13.1 Å². The van der Waals surface area contributed by atoms with E-state index in [9.17, 15) is 13.2 Å². The Morgan fingerprint density at radius 1 is 1.15 bits per heavy atom. The van der Waals surface area contributed by atoms with Gasteiger partial charge in [0.2, 0.25) is 15.9 Å². The Labute approximate surface area is 122 Å². The van der Waals surface area contributed by atoms with Crippen LogP contribution in [-0.2, 0) is 14.8 Å². The van der Waals surface area contributed by atoms with Crippen molar-refractivity contribution >= 4 is 15.9 Å². The van der Waals surface area contributed by atoms with Crippen molar-refractivity contribution in [3.63, 3.8) is 0 Å². The predicted octanol–water partition coefficient (Wildman–Crippen LogP) is 0.619. The zero-order valence-corrected chi connectivity index (χ0v) is 13.5. The van der Waals surface area contributed by atoms with E-state index in [2.05, 4.69) is 10.0 Å². The van der Waals surface area contributed by atoms with Crippen molar-refractivity contribution in [2.24, 2.45) is 5.92 Å². The van der Waals surface area contributed by atoms with Gasteiger partial charge in [-0.15, -0.1) is 0 Å². The summed E-state index contributed by atoms with van der Waals surface area (Å²) in [7, 11) is -3.40. The van der Waals surface area contributed by atoms with Gasteiger partial charge in [0.25, 0.3) is 0 Å². The Morgan fingerprint density at radius 3 is 2.25 bits per heavy atom. The van der Waals surface area contributed by atoms with Crippen molar-refractivity contribution in [2.45, 2.75) is 52.0 Å². The Kier molecular flexibility index (Phi) is 9.79. The van der Waals surface area contributed by atoms with E-state index in [1.165, 1.54) is 0 Å². The second kappa shape index (κ2) is 10.1. The van der Waals surface area contributed by atoms with Crippen molar-refractivity contribution in [1.29, 1.82) is 0 Å². The maximum Gasteiger partial charge on any atom is 0.238 e. The van der Waals surface area contributed by atoms with Crippen LogP contribution in [0, 0.1) is 5.92 Å². The number of carbonyl (C=O) groups excluding carboxylic acids is 1. The van der Waals surface area contributed by atoms with E-state index in [1.807, 2.05) is 13.8 Å². The third-order valence-electron chi connectivity index (χ3n) is 2.76. The largest absolute Gasteiger partial charge is 0.396 e. The average molecular weight is 308 g/mol. The summed E-state index contributed by atoms with van der Waals surface area (Å²) in [6, 6.07) is -0.706. The number of carbonyl (C=O) groups is 1. The molecule has 0 saturated heterocycles. The fourth-order valence-corrected chi connectivity index (χ4v) is 2.58. The number of nitrogens with one attached hydrogen (secondary N) is 2. The number of amides is 1. The molecule has 0 fully saturated rings. The molecule has 0 aliphatic carbocycles. The molecule has 0 radical (unpaired) electrons. The van der Waals surface area contributed by atoms with Gasteiger partial charge >= 0.3 is 0 Å². The van der Waals surface area contributed by atoms with Crippen molar-refractivity contribution < 1.29 is 18.3 Å². The van der Waals surface area contributed by atoms with E-state index in [4.69, 9.17) is 5.11 Å². The standard InChI is InChI=1S/C13H28N2O4S/c1-11(2)10-12(15-20(3,18)19)13(17)14-8-6-4-5-7-9-16/h11-12,15-16H,4-10H2,1-3H3,(H,14,17).